The van der Waals surface area contributed by atoms with Crippen LogP contribution in [0.3, 0.4) is 0 Å². The molecule has 0 atom stereocenters. The van der Waals surface area contributed by atoms with E-state index in [0.717, 1.165) is 0 Å². The molecule has 0 amide bonds. The van der Waals surface area contributed by atoms with Gasteiger partial charge in [-0.05, 0) is 12.1 Å². The first-order valence-electron chi connectivity index (χ1n) is 3.14. The molecule has 13 heavy (non-hydrogen) atoms. The van der Waals surface area contributed by atoms with Crippen LogP contribution in [-0.4, -0.2) is 0 Å². The van der Waals surface area contributed by atoms with E-state index < -0.39 is 0 Å². The van der Waals surface area contributed by atoms with Crippen LogP contribution in [0.5, 0.6) is 0 Å². The van der Waals surface area contributed by atoms with E-state index in [9.17, 15) is 0 Å². The van der Waals surface area contributed by atoms with Gasteiger partial charge in [0.05, 0.1) is 9.36 Å². The summed E-state index contributed by atoms with van der Waals surface area (Å²) in [5.41, 5.74) is 0.0143. The molecule has 0 aliphatic heterocycles. The van der Waals surface area contributed by atoms with Gasteiger partial charge in [0.2, 0.25) is 0 Å². The Labute approximate surface area is 89.2 Å². The average Bonchev–Trinajstić information content (AvgIpc) is 2.41. The first-order valence-corrected chi connectivity index (χ1v) is 4.71. The normalized spacial score (nSPS) is 8.62. The van der Waals surface area contributed by atoms with E-state index in [4.69, 9.17) is 33.7 Å². The summed E-state index contributed by atoms with van der Waals surface area (Å²) in [5, 5.41) is 17.4. The Bertz CT molecular complexity index is 418. The molecule has 0 fully saturated rings. The molecule has 1 aromatic heterocycles. The van der Waals surface area contributed by atoms with Gasteiger partial charge >= 0.3 is 0 Å². The Morgan fingerprint density at radius 3 is 2.38 bits per heavy atom. The molecular weight excluding hydrogens is 227 g/mol. The van der Waals surface area contributed by atoms with Crippen molar-refractivity contribution < 1.29 is 0 Å². The molecule has 0 aliphatic carbocycles. The molecule has 1 aromatic rings. The van der Waals surface area contributed by atoms with Gasteiger partial charge in [0, 0.05) is 4.88 Å². The number of hydrogen-bond acceptors (Lipinski definition) is 3. The summed E-state index contributed by atoms with van der Waals surface area (Å²) in [7, 11) is 0. The maximum Gasteiger partial charge on any atom is 0.131 e. The number of halogens is 2. The van der Waals surface area contributed by atoms with Crippen LogP contribution in [0, 0.1) is 22.7 Å². The third kappa shape index (κ3) is 2.47. The minimum atomic E-state index is 0.0143. The van der Waals surface area contributed by atoms with Crippen molar-refractivity contribution in [3.63, 3.8) is 0 Å². The summed E-state index contributed by atoms with van der Waals surface area (Å²) in [6, 6.07) is 5.06. The van der Waals surface area contributed by atoms with Crippen LogP contribution >= 0.6 is 34.5 Å². The lowest BCUT2D eigenvalue weighted by molar-refractivity contribution is 1.47. The topological polar surface area (TPSA) is 47.6 Å². The maximum atomic E-state index is 8.47. The molecule has 1 rings (SSSR count). The van der Waals surface area contributed by atoms with E-state index >= 15 is 0 Å². The lowest BCUT2D eigenvalue weighted by Gasteiger charge is -1.84. The summed E-state index contributed by atoms with van der Waals surface area (Å²) in [6.07, 6.45) is 1.42. The molecule has 0 spiro atoms. The van der Waals surface area contributed by atoms with Crippen molar-refractivity contribution in [1.29, 1.82) is 10.5 Å². The standard InChI is InChI=1S/C8H2Cl2N2S/c9-6-2-8(10)13-7(6)1-5(3-11)4-12/h1-2H. The fourth-order valence-electron chi connectivity index (χ4n) is 0.673. The zero-order valence-corrected chi connectivity index (χ0v) is 8.54. The monoisotopic (exact) mass is 228 g/mol. The fraction of sp³-hybridized carbons (Fsp3) is 0. The third-order valence-electron chi connectivity index (χ3n) is 1.20. The van der Waals surface area contributed by atoms with Crippen LogP contribution in [0.2, 0.25) is 9.36 Å². The van der Waals surface area contributed by atoms with Crippen molar-refractivity contribution in [2.45, 2.75) is 0 Å². The number of nitrogens with zero attached hydrogens (tertiary/aromatic N) is 2. The van der Waals surface area contributed by atoms with Crippen LogP contribution in [0.25, 0.3) is 6.08 Å². The van der Waals surface area contributed by atoms with E-state index in [0.29, 0.717) is 14.2 Å². The molecule has 2 nitrogen and oxygen atoms in total. The largest absolute Gasteiger partial charge is 0.192 e. The van der Waals surface area contributed by atoms with Gasteiger partial charge in [0.15, 0.2) is 0 Å². The Balaban J connectivity index is 3.13. The predicted molar refractivity (Wildman–Crippen MR) is 53.5 cm³/mol. The molecule has 0 unspecified atom stereocenters. The Hall–Kier alpha value is -1.000. The molecular formula is C8H2Cl2N2S. The SMILES string of the molecule is N#CC(C#N)=Cc1sc(Cl)cc1Cl. The quantitative estimate of drug-likeness (QED) is 0.692. The van der Waals surface area contributed by atoms with Crippen molar-refractivity contribution in [3.05, 3.63) is 25.9 Å². The van der Waals surface area contributed by atoms with Crippen molar-refractivity contribution in [2.24, 2.45) is 0 Å². The fourth-order valence-corrected chi connectivity index (χ4v) is 2.15. The zero-order valence-electron chi connectivity index (χ0n) is 6.21. The van der Waals surface area contributed by atoms with E-state index in [2.05, 4.69) is 0 Å². The average molecular weight is 229 g/mol. The number of allylic oxidation sites excluding steroid dienone is 1. The number of nitriles is 2. The highest BCUT2D eigenvalue weighted by molar-refractivity contribution is 7.17. The smallest absolute Gasteiger partial charge is 0.131 e. The van der Waals surface area contributed by atoms with Crippen molar-refractivity contribution in [1.82, 2.24) is 0 Å². The van der Waals surface area contributed by atoms with E-state index in [-0.39, 0.29) is 5.57 Å². The van der Waals surface area contributed by atoms with Gasteiger partial charge in [-0.25, -0.2) is 0 Å². The molecule has 0 N–H and O–H groups in total. The van der Waals surface area contributed by atoms with Gasteiger partial charge in [-0.15, -0.1) is 11.3 Å². The lowest BCUT2D eigenvalue weighted by atomic mass is 10.3. The molecule has 0 radical (unpaired) electrons. The Kier molecular flexibility index (Phi) is 3.33. The minimum absolute atomic E-state index is 0.0143. The highest BCUT2D eigenvalue weighted by Gasteiger charge is 2.04. The molecule has 0 saturated carbocycles. The second-order valence-electron chi connectivity index (χ2n) is 2.04. The first kappa shape index (κ1) is 10.1. The van der Waals surface area contributed by atoms with Crippen LogP contribution in [0.15, 0.2) is 11.6 Å². The van der Waals surface area contributed by atoms with Gasteiger partial charge < -0.3 is 0 Å². The second kappa shape index (κ2) is 4.30. The second-order valence-corrected chi connectivity index (χ2v) is 4.17. The summed E-state index contributed by atoms with van der Waals surface area (Å²) in [5.74, 6) is 0. The molecule has 5 heteroatoms. The molecule has 0 saturated heterocycles. The van der Waals surface area contributed by atoms with Crippen LogP contribution in [-0.2, 0) is 0 Å². The summed E-state index contributed by atoms with van der Waals surface area (Å²) >= 11 is 12.7. The molecule has 1 heterocycles. The van der Waals surface area contributed by atoms with Crippen LogP contribution in [0.1, 0.15) is 4.88 Å². The highest BCUT2D eigenvalue weighted by Crippen LogP contribution is 2.32. The van der Waals surface area contributed by atoms with Crippen molar-refractivity contribution in [2.75, 3.05) is 0 Å². The minimum Gasteiger partial charge on any atom is -0.192 e. The van der Waals surface area contributed by atoms with Gasteiger partial charge in [0.1, 0.15) is 17.7 Å². The predicted octanol–water partition coefficient (Wildman–Crippen LogP) is 3.49. The molecule has 0 aromatic carbocycles. The molecule has 0 aliphatic rings. The number of thiophene rings is 1. The molecule has 64 valence electrons. The maximum absolute atomic E-state index is 8.47. The van der Waals surface area contributed by atoms with E-state index in [1.165, 1.54) is 17.4 Å². The summed E-state index contributed by atoms with van der Waals surface area (Å²) in [6.45, 7) is 0. The van der Waals surface area contributed by atoms with Crippen molar-refractivity contribution >= 4 is 40.6 Å². The number of hydrogen-bond donors (Lipinski definition) is 0. The Morgan fingerprint density at radius 2 is 2.00 bits per heavy atom. The van der Waals surface area contributed by atoms with Gasteiger partial charge in [0.25, 0.3) is 0 Å². The van der Waals surface area contributed by atoms with E-state index in [1.54, 1.807) is 18.2 Å². The number of rotatable bonds is 1. The summed E-state index contributed by atoms with van der Waals surface area (Å²) < 4.78 is 0.534. The van der Waals surface area contributed by atoms with E-state index in [1.807, 2.05) is 0 Å². The van der Waals surface area contributed by atoms with Gasteiger partial charge in [-0.2, -0.15) is 10.5 Å². The Morgan fingerprint density at radius 1 is 1.38 bits per heavy atom. The van der Waals surface area contributed by atoms with Gasteiger partial charge in [-0.3, -0.25) is 0 Å². The van der Waals surface area contributed by atoms with Gasteiger partial charge in [-0.1, -0.05) is 23.2 Å². The molecule has 0 bridgehead atoms. The highest BCUT2D eigenvalue weighted by atomic mass is 35.5. The van der Waals surface area contributed by atoms with Crippen LogP contribution in [0.4, 0.5) is 0 Å². The summed E-state index contributed by atoms with van der Waals surface area (Å²) in [4.78, 5) is 0.629. The van der Waals surface area contributed by atoms with Crippen molar-refractivity contribution in [3.8, 4) is 12.1 Å². The van der Waals surface area contributed by atoms with Crippen LogP contribution < -0.4 is 0 Å². The third-order valence-corrected chi connectivity index (χ3v) is 2.84. The lowest BCUT2D eigenvalue weighted by Crippen LogP contribution is -1.70. The first-order chi connectivity index (χ1) is 6.17. The zero-order chi connectivity index (χ0) is 9.84.